The Morgan fingerprint density at radius 2 is 2.14 bits per heavy atom. The number of nitrogens with zero attached hydrogens (tertiary/aromatic N) is 2. The van der Waals surface area contributed by atoms with Crippen LogP contribution in [0.1, 0.15) is 32.0 Å². The molecule has 0 aliphatic carbocycles. The zero-order valence-electron chi connectivity index (χ0n) is 13.1. The number of carbonyl (C=O) groups excluding carboxylic acids is 1. The highest BCUT2D eigenvalue weighted by molar-refractivity contribution is 5.87. The van der Waals surface area contributed by atoms with Crippen molar-refractivity contribution >= 4 is 11.8 Å². The van der Waals surface area contributed by atoms with Crippen molar-refractivity contribution in [2.24, 2.45) is 5.73 Å². The molecule has 0 radical (unpaired) electrons. The Balaban J connectivity index is 2.25. The van der Waals surface area contributed by atoms with E-state index in [9.17, 15) is 4.79 Å². The van der Waals surface area contributed by atoms with Crippen molar-refractivity contribution in [3.8, 4) is 0 Å². The van der Waals surface area contributed by atoms with Crippen molar-refractivity contribution in [3.63, 3.8) is 0 Å². The van der Waals surface area contributed by atoms with Crippen LogP contribution in [0.4, 0.5) is 10.5 Å². The van der Waals surface area contributed by atoms with E-state index in [-0.39, 0.29) is 0 Å². The van der Waals surface area contributed by atoms with Crippen molar-refractivity contribution in [2.45, 2.75) is 39.5 Å². The van der Waals surface area contributed by atoms with Gasteiger partial charge < -0.3 is 14.9 Å². The maximum atomic E-state index is 12.5. The van der Waals surface area contributed by atoms with E-state index >= 15 is 0 Å². The molecule has 6 heteroatoms. The normalized spacial score (nSPS) is 11.3. The van der Waals surface area contributed by atoms with Gasteiger partial charge in [-0.25, -0.2) is 4.79 Å². The maximum absolute atomic E-state index is 12.5. The molecule has 0 unspecified atom stereocenters. The summed E-state index contributed by atoms with van der Waals surface area (Å²) in [6.07, 6.45) is 4.35. The Labute approximate surface area is 129 Å². The Bertz CT molecular complexity index is 601. The standard InChI is InChI=1S/C16H21N3O3/c1-16(2,3)22-15(20)19(10-12-6-7-21-11-12)14-5-4-13(8-17)18-9-14/h4-7,9,11H,8,10,17H2,1-3H3. The molecule has 0 fully saturated rings. The fraction of sp³-hybridized carbons (Fsp3) is 0.375. The van der Waals surface area contributed by atoms with Crippen LogP contribution in [-0.2, 0) is 17.8 Å². The monoisotopic (exact) mass is 303 g/mol. The summed E-state index contributed by atoms with van der Waals surface area (Å²) in [7, 11) is 0. The van der Waals surface area contributed by atoms with E-state index in [1.54, 1.807) is 36.9 Å². The summed E-state index contributed by atoms with van der Waals surface area (Å²) >= 11 is 0. The third kappa shape index (κ3) is 4.33. The number of aromatic nitrogens is 1. The minimum Gasteiger partial charge on any atom is -0.472 e. The van der Waals surface area contributed by atoms with Crippen LogP contribution in [0.5, 0.6) is 0 Å². The van der Waals surface area contributed by atoms with Crippen LogP contribution in [0.25, 0.3) is 0 Å². The molecular weight excluding hydrogens is 282 g/mol. The van der Waals surface area contributed by atoms with Crippen LogP contribution in [0.2, 0.25) is 0 Å². The van der Waals surface area contributed by atoms with E-state index in [4.69, 9.17) is 14.9 Å². The molecule has 0 aliphatic rings. The Morgan fingerprint density at radius 3 is 2.64 bits per heavy atom. The molecule has 0 saturated heterocycles. The number of hydrogen-bond acceptors (Lipinski definition) is 5. The van der Waals surface area contributed by atoms with E-state index < -0.39 is 11.7 Å². The van der Waals surface area contributed by atoms with Crippen LogP contribution in [-0.4, -0.2) is 16.7 Å². The summed E-state index contributed by atoms with van der Waals surface area (Å²) in [5.41, 5.74) is 7.25. The quantitative estimate of drug-likeness (QED) is 0.938. The van der Waals surface area contributed by atoms with Gasteiger partial charge >= 0.3 is 6.09 Å². The molecule has 0 spiro atoms. The number of anilines is 1. The fourth-order valence-corrected chi connectivity index (χ4v) is 1.84. The van der Waals surface area contributed by atoms with Gasteiger partial charge in [0.2, 0.25) is 0 Å². The zero-order valence-corrected chi connectivity index (χ0v) is 13.1. The lowest BCUT2D eigenvalue weighted by Crippen LogP contribution is -2.36. The molecule has 2 heterocycles. The lowest BCUT2D eigenvalue weighted by molar-refractivity contribution is 0.0577. The maximum Gasteiger partial charge on any atom is 0.415 e. The molecule has 0 saturated carbocycles. The largest absolute Gasteiger partial charge is 0.472 e. The van der Waals surface area contributed by atoms with E-state index in [1.165, 1.54) is 4.90 Å². The van der Waals surface area contributed by atoms with Crippen molar-refractivity contribution < 1.29 is 13.9 Å². The summed E-state index contributed by atoms with van der Waals surface area (Å²) < 4.78 is 10.5. The summed E-state index contributed by atoms with van der Waals surface area (Å²) in [4.78, 5) is 18.2. The van der Waals surface area contributed by atoms with Gasteiger partial charge in [0, 0.05) is 12.1 Å². The van der Waals surface area contributed by atoms with Gasteiger partial charge in [-0.2, -0.15) is 0 Å². The Hall–Kier alpha value is -2.34. The molecule has 0 aromatic carbocycles. The minimum absolute atomic E-state index is 0.342. The van der Waals surface area contributed by atoms with Crippen molar-refractivity contribution in [1.29, 1.82) is 0 Å². The first-order valence-electron chi connectivity index (χ1n) is 7.05. The van der Waals surface area contributed by atoms with Gasteiger partial charge in [0.05, 0.1) is 36.6 Å². The predicted octanol–water partition coefficient (Wildman–Crippen LogP) is 3.08. The molecular formula is C16H21N3O3. The van der Waals surface area contributed by atoms with Gasteiger partial charge in [0.15, 0.2) is 0 Å². The molecule has 2 N–H and O–H groups in total. The molecule has 1 amide bonds. The second kappa shape index (κ2) is 6.62. The van der Waals surface area contributed by atoms with Gasteiger partial charge in [0.1, 0.15) is 5.60 Å². The first-order chi connectivity index (χ1) is 10.4. The fourth-order valence-electron chi connectivity index (χ4n) is 1.84. The van der Waals surface area contributed by atoms with Gasteiger partial charge in [-0.15, -0.1) is 0 Å². The smallest absolute Gasteiger partial charge is 0.415 e. The number of pyridine rings is 1. The third-order valence-electron chi connectivity index (χ3n) is 2.86. The molecule has 22 heavy (non-hydrogen) atoms. The minimum atomic E-state index is -0.573. The van der Waals surface area contributed by atoms with E-state index in [0.717, 1.165) is 11.3 Å². The second-order valence-electron chi connectivity index (χ2n) is 5.91. The number of nitrogens with two attached hydrogens (primary N) is 1. The number of furan rings is 1. The zero-order chi connectivity index (χ0) is 16.2. The van der Waals surface area contributed by atoms with Crippen molar-refractivity contribution in [3.05, 3.63) is 48.2 Å². The Morgan fingerprint density at radius 1 is 1.36 bits per heavy atom. The molecule has 2 aromatic rings. The summed E-state index contributed by atoms with van der Waals surface area (Å²) in [5, 5.41) is 0. The van der Waals surface area contributed by atoms with Crippen LogP contribution in [0.15, 0.2) is 41.3 Å². The lowest BCUT2D eigenvalue weighted by Gasteiger charge is -2.27. The highest BCUT2D eigenvalue weighted by Crippen LogP contribution is 2.20. The van der Waals surface area contributed by atoms with E-state index in [1.807, 2.05) is 20.8 Å². The number of hydrogen-bond donors (Lipinski definition) is 1. The van der Waals surface area contributed by atoms with Crippen LogP contribution < -0.4 is 10.6 Å². The molecule has 0 atom stereocenters. The predicted molar refractivity (Wildman–Crippen MR) is 83.3 cm³/mol. The van der Waals surface area contributed by atoms with E-state index in [0.29, 0.717) is 18.8 Å². The SMILES string of the molecule is CC(C)(C)OC(=O)N(Cc1ccoc1)c1ccc(CN)nc1. The number of ether oxygens (including phenoxy) is 1. The second-order valence-corrected chi connectivity index (χ2v) is 5.91. The first kappa shape index (κ1) is 16.0. The Kier molecular flexibility index (Phi) is 4.82. The van der Waals surface area contributed by atoms with Crippen LogP contribution >= 0.6 is 0 Å². The van der Waals surface area contributed by atoms with Crippen LogP contribution in [0.3, 0.4) is 0 Å². The highest BCUT2D eigenvalue weighted by atomic mass is 16.6. The topological polar surface area (TPSA) is 81.6 Å². The van der Waals surface area contributed by atoms with Crippen LogP contribution in [0, 0.1) is 0 Å². The highest BCUT2D eigenvalue weighted by Gasteiger charge is 2.24. The van der Waals surface area contributed by atoms with Gasteiger partial charge in [0.25, 0.3) is 0 Å². The van der Waals surface area contributed by atoms with Crippen molar-refractivity contribution in [1.82, 2.24) is 4.98 Å². The lowest BCUT2D eigenvalue weighted by atomic mass is 10.2. The molecule has 0 aliphatic heterocycles. The molecule has 2 rings (SSSR count). The van der Waals surface area contributed by atoms with Gasteiger partial charge in [-0.3, -0.25) is 9.88 Å². The number of carbonyl (C=O) groups is 1. The van der Waals surface area contributed by atoms with E-state index in [2.05, 4.69) is 4.98 Å². The van der Waals surface area contributed by atoms with Crippen molar-refractivity contribution in [2.75, 3.05) is 4.90 Å². The third-order valence-corrected chi connectivity index (χ3v) is 2.86. The number of amides is 1. The molecule has 2 aromatic heterocycles. The molecule has 118 valence electrons. The summed E-state index contributed by atoms with van der Waals surface area (Å²) in [6.45, 7) is 6.19. The molecule has 6 nitrogen and oxygen atoms in total. The van der Waals surface area contributed by atoms with Gasteiger partial charge in [-0.05, 0) is 39.0 Å². The number of rotatable bonds is 4. The molecule has 0 bridgehead atoms. The average Bonchev–Trinajstić information content (AvgIpc) is 2.96. The van der Waals surface area contributed by atoms with Gasteiger partial charge in [-0.1, -0.05) is 0 Å². The average molecular weight is 303 g/mol. The summed E-state index contributed by atoms with van der Waals surface area (Å²) in [6, 6.07) is 5.40. The summed E-state index contributed by atoms with van der Waals surface area (Å²) in [5.74, 6) is 0. The first-order valence-corrected chi connectivity index (χ1v) is 7.05.